The average Bonchev–Trinajstić information content (AvgIpc) is 2.37. The first-order valence-corrected chi connectivity index (χ1v) is 6.78. The molecule has 0 aromatic heterocycles. The van der Waals surface area contributed by atoms with Crippen LogP contribution in [0.4, 0.5) is 0 Å². The minimum Gasteiger partial charge on any atom is -0.485 e. The quantitative estimate of drug-likeness (QED) is 0.594. The van der Waals surface area contributed by atoms with Gasteiger partial charge < -0.3 is 4.74 Å². The Kier molecular flexibility index (Phi) is 4.60. The van der Waals surface area contributed by atoms with Crippen molar-refractivity contribution in [2.24, 2.45) is 0 Å². The van der Waals surface area contributed by atoms with Crippen LogP contribution in [0.3, 0.4) is 0 Å². The summed E-state index contributed by atoms with van der Waals surface area (Å²) in [6.07, 6.45) is 0. The second kappa shape index (κ2) is 6.20. The number of hydrogen-bond donors (Lipinski definition) is 0. The monoisotopic (exact) mass is 372 g/mol. The van der Waals surface area contributed by atoms with E-state index in [2.05, 4.69) is 22.6 Å². The molecule has 0 N–H and O–H groups in total. The minimum absolute atomic E-state index is 0.0101. The summed E-state index contributed by atoms with van der Waals surface area (Å²) < 4.78 is 6.51. The van der Waals surface area contributed by atoms with Crippen molar-refractivity contribution in [1.82, 2.24) is 0 Å². The van der Waals surface area contributed by atoms with Gasteiger partial charge in [-0.1, -0.05) is 29.8 Å². The molecular formula is C14H10ClIO2. The first-order chi connectivity index (χ1) is 8.66. The number of Topliss-reactive ketones (excluding diaryl/α,β-unsaturated/α-hetero) is 1. The molecule has 18 heavy (non-hydrogen) atoms. The highest BCUT2D eigenvalue weighted by Gasteiger charge is 2.10. The highest BCUT2D eigenvalue weighted by Crippen LogP contribution is 2.18. The van der Waals surface area contributed by atoms with Crippen LogP contribution in [-0.2, 0) is 0 Å². The molecule has 2 aromatic rings. The number of carbonyl (C=O) groups excluding carboxylic acids is 1. The Morgan fingerprint density at radius 1 is 1.17 bits per heavy atom. The second-order valence-corrected chi connectivity index (χ2v) is 5.30. The average molecular weight is 373 g/mol. The van der Waals surface area contributed by atoms with Crippen LogP contribution in [0.25, 0.3) is 0 Å². The number of halogens is 2. The van der Waals surface area contributed by atoms with Crippen molar-refractivity contribution in [3.8, 4) is 5.75 Å². The molecule has 0 radical (unpaired) electrons. The summed E-state index contributed by atoms with van der Waals surface area (Å²) in [6.45, 7) is -0.0101. The number of hydrogen-bond acceptors (Lipinski definition) is 2. The smallest absolute Gasteiger partial charge is 0.201 e. The van der Waals surface area contributed by atoms with Crippen LogP contribution < -0.4 is 4.74 Å². The third kappa shape index (κ3) is 3.46. The number of carbonyl (C=O) groups is 1. The van der Waals surface area contributed by atoms with Gasteiger partial charge >= 0.3 is 0 Å². The van der Waals surface area contributed by atoms with E-state index in [1.165, 1.54) is 0 Å². The lowest BCUT2D eigenvalue weighted by atomic mass is 10.1. The van der Waals surface area contributed by atoms with Crippen molar-refractivity contribution in [3.05, 3.63) is 62.7 Å². The van der Waals surface area contributed by atoms with Crippen molar-refractivity contribution in [2.45, 2.75) is 0 Å². The Morgan fingerprint density at radius 3 is 2.67 bits per heavy atom. The summed E-state index contributed by atoms with van der Waals surface area (Å²) in [4.78, 5) is 11.9. The lowest BCUT2D eigenvalue weighted by Gasteiger charge is -2.06. The van der Waals surface area contributed by atoms with E-state index < -0.39 is 0 Å². The fourth-order valence-electron chi connectivity index (χ4n) is 1.47. The van der Waals surface area contributed by atoms with Crippen LogP contribution in [0.2, 0.25) is 5.02 Å². The Balaban J connectivity index is 2.03. The molecule has 0 spiro atoms. The van der Waals surface area contributed by atoms with Crippen molar-refractivity contribution in [2.75, 3.05) is 6.61 Å². The molecule has 2 aromatic carbocycles. The van der Waals surface area contributed by atoms with Crippen LogP contribution in [0, 0.1) is 3.57 Å². The number of benzene rings is 2. The van der Waals surface area contributed by atoms with Crippen LogP contribution in [0.5, 0.6) is 5.75 Å². The lowest BCUT2D eigenvalue weighted by Crippen LogP contribution is -2.12. The molecule has 0 bridgehead atoms. The van der Waals surface area contributed by atoms with Crippen LogP contribution in [0.1, 0.15) is 10.4 Å². The predicted molar refractivity (Wildman–Crippen MR) is 80.4 cm³/mol. The van der Waals surface area contributed by atoms with Gasteiger partial charge in [0.25, 0.3) is 0 Å². The molecule has 92 valence electrons. The molecule has 2 nitrogen and oxygen atoms in total. The Morgan fingerprint density at radius 2 is 1.94 bits per heavy atom. The highest BCUT2D eigenvalue weighted by molar-refractivity contribution is 14.1. The van der Waals surface area contributed by atoms with Gasteiger partial charge in [0, 0.05) is 9.13 Å². The molecule has 2 rings (SSSR count). The van der Waals surface area contributed by atoms with Gasteiger partial charge in [-0.05, 0) is 52.9 Å². The van der Waals surface area contributed by atoms with Gasteiger partial charge in [-0.3, -0.25) is 4.79 Å². The first kappa shape index (κ1) is 13.4. The summed E-state index contributed by atoms with van der Waals surface area (Å²) >= 11 is 8.14. The summed E-state index contributed by atoms with van der Waals surface area (Å²) in [5, 5.41) is 0.453. The maximum absolute atomic E-state index is 11.9. The second-order valence-electron chi connectivity index (χ2n) is 3.65. The zero-order chi connectivity index (χ0) is 13.0. The van der Waals surface area contributed by atoms with E-state index in [4.69, 9.17) is 16.3 Å². The molecule has 0 saturated carbocycles. The van der Waals surface area contributed by atoms with Crippen molar-refractivity contribution < 1.29 is 9.53 Å². The van der Waals surface area contributed by atoms with E-state index in [1.807, 2.05) is 24.3 Å². The summed E-state index contributed by atoms with van der Waals surface area (Å²) in [7, 11) is 0. The molecule has 0 saturated heterocycles. The summed E-state index contributed by atoms with van der Waals surface area (Å²) in [5.74, 6) is 0.557. The van der Waals surface area contributed by atoms with Gasteiger partial charge in [0.1, 0.15) is 5.75 Å². The van der Waals surface area contributed by atoms with E-state index in [-0.39, 0.29) is 12.4 Å². The van der Waals surface area contributed by atoms with Gasteiger partial charge in [0.15, 0.2) is 6.61 Å². The predicted octanol–water partition coefficient (Wildman–Crippen LogP) is 4.21. The van der Waals surface area contributed by atoms with Crippen LogP contribution in [-0.4, -0.2) is 12.4 Å². The van der Waals surface area contributed by atoms with Gasteiger partial charge in [0.05, 0.1) is 5.02 Å². The first-order valence-electron chi connectivity index (χ1n) is 5.33. The maximum Gasteiger partial charge on any atom is 0.201 e. The van der Waals surface area contributed by atoms with Crippen molar-refractivity contribution in [3.63, 3.8) is 0 Å². The normalized spacial score (nSPS) is 10.1. The third-order valence-electron chi connectivity index (χ3n) is 2.34. The van der Waals surface area contributed by atoms with E-state index in [1.54, 1.807) is 24.3 Å². The molecular weight excluding hydrogens is 363 g/mol. The molecule has 4 heteroatoms. The minimum atomic E-state index is -0.125. The lowest BCUT2D eigenvalue weighted by molar-refractivity contribution is 0.0921. The molecule has 0 aliphatic carbocycles. The van der Waals surface area contributed by atoms with E-state index >= 15 is 0 Å². The zero-order valence-corrected chi connectivity index (χ0v) is 12.3. The number of rotatable bonds is 4. The van der Waals surface area contributed by atoms with E-state index in [0.717, 1.165) is 3.57 Å². The molecule has 0 aliphatic heterocycles. The molecule has 0 atom stereocenters. The SMILES string of the molecule is O=C(COc1cccc(I)c1)c1ccccc1Cl. The zero-order valence-electron chi connectivity index (χ0n) is 9.40. The van der Waals surface area contributed by atoms with Gasteiger partial charge in [0.2, 0.25) is 5.78 Å². The Hall–Kier alpha value is -1.07. The van der Waals surface area contributed by atoms with E-state index in [9.17, 15) is 4.79 Å². The Labute approximate surface area is 124 Å². The fraction of sp³-hybridized carbons (Fsp3) is 0.0714. The molecule has 0 fully saturated rings. The maximum atomic E-state index is 11.9. The van der Waals surface area contributed by atoms with Crippen LogP contribution >= 0.6 is 34.2 Å². The molecule has 0 amide bonds. The summed E-state index contributed by atoms with van der Waals surface area (Å²) in [6, 6.07) is 14.5. The Bertz CT molecular complexity index is 569. The number of ketones is 1. The van der Waals surface area contributed by atoms with Crippen LogP contribution in [0.15, 0.2) is 48.5 Å². The van der Waals surface area contributed by atoms with Gasteiger partial charge in [-0.15, -0.1) is 0 Å². The standard InChI is InChI=1S/C14H10ClIO2/c15-13-7-2-1-6-12(13)14(17)9-18-11-5-3-4-10(16)8-11/h1-8H,9H2. The fourth-order valence-corrected chi connectivity index (χ4v) is 2.23. The van der Waals surface area contributed by atoms with Crippen molar-refractivity contribution >= 4 is 40.0 Å². The topological polar surface area (TPSA) is 26.3 Å². The van der Waals surface area contributed by atoms with E-state index in [0.29, 0.717) is 16.3 Å². The number of ether oxygens (including phenoxy) is 1. The third-order valence-corrected chi connectivity index (χ3v) is 3.34. The highest BCUT2D eigenvalue weighted by atomic mass is 127. The largest absolute Gasteiger partial charge is 0.485 e. The van der Waals surface area contributed by atoms with Gasteiger partial charge in [-0.2, -0.15) is 0 Å². The van der Waals surface area contributed by atoms with Crippen molar-refractivity contribution in [1.29, 1.82) is 0 Å². The molecule has 0 unspecified atom stereocenters. The summed E-state index contributed by atoms with van der Waals surface area (Å²) in [5.41, 5.74) is 0.491. The molecule has 0 heterocycles. The van der Waals surface area contributed by atoms with Gasteiger partial charge in [-0.25, -0.2) is 0 Å². The molecule has 0 aliphatic rings.